The van der Waals surface area contributed by atoms with Crippen LogP contribution in [0.5, 0.6) is 0 Å². The minimum absolute atomic E-state index is 0.184. The van der Waals surface area contributed by atoms with Crippen molar-refractivity contribution in [3.63, 3.8) is 0 Å². The Labute approximate surface area is 227 Å². The van der Waals surface area contributed by atoms with Gasteiger partial charge in [0, 0.05) is 56.6 Å². The predicted molar refractivity (Wildman–Crippen MR) is 152 cm³/mol. The highest BCUT2D eigenvalue weighted by Crippen LogP contribution is 2.31. The SMILES string of the molecule is COCCN1CCc2c(nc(-c3ccc(NC(=O)NCCCC(C)(C)C)cc3)nc2N2CCOCC2C)C1. The first-order valence-corrected chi connectivity index (χ1v) is 13.8. The lowest BCUT2D eigenvalue weighted by atomic mass is 9.91. The number of nitrogens with zero attached hydrogens (tertiary/aromatic N) is 4. The van der Waals surface area contributed by atoms with Crippen LogP contribution in [0, 0.1) is 5.41 Å². The van der Waals surface area contributed by atoms with Crippen molar-refractivity contribution >= 4 is 17.5 Å². The number of anilines is 2. The third kappa shape index (κ3) is 7.65. The number of morpholine rings is 1. The molecular weight excluding hydrogens is 480 g/mol. The summed E-state index contributed by atoms with van der Waals surface area (Å²) in [4.78, 5) is 27.2. The van der Waals surface area contributed by atoms with Crippen molar-refractivity contribution in [3.05, 3.63) is 35.5 Å². The molecule has 1 atom stereocenters. The van der Waals surface area contributed by atoms with E-state index in [-0.39, 0.29) is 17.5 Å². The van der Waals surface area contributed by atoms with Gasteiger partial charge < -0.3 is 25.0 Å². The quantitative estimate of drug-likeness (QED) is 0.472. The molecule has 0 bridgehead atoms. The molecule has 4 rings (SSSR count). The van der Waals surface area contributed by atoms with Gasteiger partial charge in [0.25, 0.3) is 0 Å². The van der Waals surface area contributed by atoms with Gasteiger partial charge >= 0.3 is 6.03 Å². The summed E-state index contributed by atoms with van der Waals surface area (Å²) >= 11 is 0. The number of hydrogen-bond donors (Lipinski definition) is 2. The van der Waals surface area contributed by atoms with Crippen LogP contribution in [0.4, 0.5) is 16.3 Å². The maximum atomic E-state index is 12.3. The summed E-state index contributed by atoms with van der Waals surface area (Å²) in [5, 5.41) is 5.88. The highest BCUT2D eigenvalue weighted by molar-refractivity contribution is 5.89. The van der Waals surface area contributed by atoms with Gasteiger partial charge in [0.15, 0.2) is 5.82 Å². The molecule has 0 spiro atoms. The first-order valence-electron chi connectivity index (χ1n) is 13.8. The number of amides is 2. The fourth-order valence-electron chi connectivity index (χ4n) is 4.98. The van der Waals surface area contributed by atoms with Gasteiger partial charge in [0.1, 0.15) is 5.82 Å². The van der Waals surface area contributed by atoms with Crippen LogP contribution < -0.4 is 15.5 Å². The number of fused-ring (bicyclic) bond motifs is 1. The summed E-state index contributed by atoms with van der Waals surface area (Å²) in [6.07, 6.45) is 2.95. The molecule has 1 aromatic heterocycles. The number of benzene rings is 1. The highest BCUT2D eigenvalue weighted by Gasteiger charge is 2.29. The lowest BCUT2D eigenvalue weighted by Crippen LogP contribution is -2.45. The number of urea groups is 1. The average Bonchev–Trinajstić information content (AvgIpc) is 2.89. The third-order valence-electron chi connectivity index (χ3n) is 7.16. The van der Waals surface area contributed by atoms with Crippen molar-refractivity contribution in [1.29, 1.82) is 0 Å². The molecule has 1 fully saturated rings. The van der Waals surface area contributed by atoms with Crippen molar-refractivity contribution in [2.45, 2.75) is 59.5 Å². The van der Waals surface area contributed by atoms with Gasteiger partial charge in [-0.15, -0.1) is 0 Å². The number of rotatable bonds is 9. The van der Waals surface area contributed by atoms with Crippen LogP contribution in [0.3, 0.4) is 0 Å². The Morgan fingerprint density at radius 1 is 1.18 bits per heavy atom. The number of hydrogen-bond acceptors (Lipinski definition) is 7. The lowest BCUT2D eigenvalue weighted by Gasteiger charge is -2.37. The second-order valence-corrected chi connectivity index (χ2v) is 11.6. The molecule has 9 nitrogen and oxygen atoms in total. The molecular formula is C29H44N6O3. The van der Waals surface area contributed by atoms with Crippen LogP contribution in [-0.4, -0.2) is 80.1 Å². The molecule has 1 unspecified atom stereocenters. The van der Waals surface area contributed by atoms with Crippen LogP contribution in [0.1, 0.15) is 51.8 Å². The molecule has 1 aromatic carbocycles. The monoisotopic (exact) mass is 524 g/mol. The van der Waals surface area contributed by atoms with E-state index in [1.165, 1.54) is 5.56 Å². The van der Waals surface area contributed by atoms with E-state index in [4.69, 9.17) is 19.4 Å². The normalized spacial score (nSPS) is 18.2. The van der Waals surface area contributed by atoms with Crippen LogP contribution >= 0.6 is 0 Å². The number of carbonyl (C=O) groups excluding carboxylic acids is 1. The molecule has 3 heterocycles. The first kappa shape index (κ1) is 28.3. The molecule has 0 aliphatic carbocycles. The van der Waals surface area contributed by atoms with E-state index in [1.807, 2.05) is 24.3 Å². The molecule has 2 N–H and O–H groups in total. The van der Waals surface area contributed by atoms with Crippen molar-refractivity contribution in [2.24, 2.45) is 5.41 Å². The minimum atomic E-state index is -0.184. The molecule has 2 aliphatic heterocycles. The second-order valence-electron chi connectivity index (χ2n) is 11.6. The fourth-order valence-corrected chi connectivity index (χ4v) is 4.98. The topological polar surface area (TPSA) is 91.8 Å². The zero-order chi connectivity index (χ0) is 27.1. The van der Waals surface area contributed by atoms with Gasteiger partial charge in [-0.3, -0.25) is 4.90 Å². The molecule has 2 amide bonds. The summed E-state index contributed by atoms with van der Waals surface area (Å²) in [6, 6.07) is 7.86. The maximum absolute atomic E-state index is 12.3. The van der Waals surface area contributed by atoms with Crippen LogP contribution in [0.15, 0.2) is 24.3 Å². The van der Waals surface area contributed by atoms with Gasteiger partial charge in [0.2, 0.25) is 0 Å². The first-order chi connectivity index (χ1) is 18.2. The number of aromatic nitrogens is 2. The van der Waals surface area contributed by atoms with Crippen LogP contribution in [-0.2, 0) is 22.4 Å². The largest absolute Gasteiger partial charge is 0.383 e. The van der Waals surface area contributed by atoms with Crippen molar-refractivity contribution in [1.82, 2.24) is 20.2 Å². The number of methoxy groups -OCH3 is 1. The van der Waals surface area contributed by atoms with Gasteiger partial charge in [-0.05, 0) is 55.9 Å². The van der Waals surface area contributed by atoms with E-state index in [1.54, 1.807) is 7.11 Å². The molecule has 2 aromatic rings. The Hall–Kier alpha value is -2.75. The lowest BCUT2D eigenvalue weighted by molar-refractivity contribution is 0.0982. The zero-order valence-electron chi connectivity index (χ0n) is 23.7. The van der Waals surface area contributed by atoms with Crippen molar-refractivity contribution < 1.29 is 14.3 Å². The van der Waals surface area contributed by atoms with Crippen LogP contribution in [0.25, 0.3) is 11.4 Å². The Balaban J connectivity index is 1.50. The van der Waals surface area contributed by atoms with Crippen LogP contribution in [0.2, 0.25) is 0 Å². The third-order valence-corrected chi connectivity index (χ3v) is 7.16. The summed E-state index contributed by atoms with van der Waals surface area (Å²) in [6.45, 7) is 15.1. The number of nitrogens with one attached hydrogen (secondary N) is 2. The number of ether oxygens (including phenoxy) is 2. The zero-order valence-corrected chi connectivity index (χ0v) is 23.7. The molecule has 208 valence electrons. The summed E-state index contributed by atoms with van der Waals surface area (Å²) in [5.74, 6) is 1.74. The van der Waals surface area contributed by atoms with Gasteiger partial charge in [-0.25, -0.2) is 14.8 Å². The van der Waals surface area contributed by atoms with E-state index in [9.17, 15) is 4.79 Å². The van der Waals surface area contributed by atoms with Gasteiger partial charge in [0.05, 0.1) is 31.6 Å². The van der Waals surface area contributed by atoms with Crippen molar-refractivity contribution in [2.75, 3.05) is 63.3 Å². The van der Waals surface area contributed by atoms with Crippen molar-refractivity contribution in [3.8, 4) is 11.4 Å². The van der Waals surface area contributed by atoms with E-state index in [0.717, 1.165) is 68.2 Å². The second kappa shape index (κ2) is 12.9. The predicted octanol–water partition coefficient (Wildman–Crippen LogP) is 4.32. The molecule has 1 saturated heterocycles. The smallest absolute Gasteiger partial charge is 0.319 e. The van der Waals surface area contributed by atoms with E-state index >= 15 is 0 Å². The van der Waals surface area contributed by atoms with E-state index in [2.05, 4.69) is 48.1 Å². The van der Waals surface area contributed by atoms with Gasteiger partial charge in [-0.2, -0.15) is 0 Å². The Morgan fingerprint density at radius 3 is 2.68 bits per heavy atom. The van der Waals surface area contributed by atoms with E-state index < -0.39 is 0 Å². The molecule has 2 aliphatic rings. The Kier molecular flexibility index (Phi) is 9.57. The molecule has 0 radical (unpaired) electrons. The number of carbonyl (C=O) groups is 1. The maximum Gasteiger partial charge on any atom is 0.319 e. The Morgan fingerprint density at radius 2 is 1.97 bits per heavy atom. The Bertz CT molecular complexity index is 1070. The molecule has 0 saturated carbocycles. The average molecular weight is 525 g/mol. The summed E-state index contributed by atoms with van der Waals surface area (Å²) in [7, 11) is 1.74. The van der Waals surface area contributed by atoms with E-state index in [0.29, 0.717) is 32.2 Å². The summed E-state index contributed by atoms with van der Waals surface area (Å²) < 4.78 is 11.0. The highest BCUT2D eigenvalue weighted by atomic mass is 16.5. The standard InChI is InChI=1S/C29H44N6O3/c1-21-20-38-18-16-35(21)27-24-11-14-34(15-17-37-5)19-25(24)32-26(33-27)22-7-9-23(10-8-22)31-28(36)30-13-6-12-29(2,3)4/h7-10,21H,6,11-20H2,1-5H3,(H2,30,31,36). The molecule has 9 heteroatoms. The summed E-state index contributed by atoms with van der Waals surface area (Å²) in [5.41, 5.74) is 4.28. The fraction of sp³-hybridized carbons (Fsp3) is 0.621. The van der Waals surface area contributed by atoms with Gasteiger partial charge in [-0.1, -0.05) is 20.8 Å². The minimum Gasteiger partial charge on any atom is -0.383 e. The molecule has 38 heavy (non-hydrogen) atoms.